The number of nitrogens with zero attached hydrogens (tertiary/aromatic N) is 3. The van der Waals surface area contributed by atoms with Crippen molar-refractivity contribution in [1.29, 1.82) is 0 Å². The summed E-state index contributed by atoms with van der Waals surface area (Å²) < 4.78 is 0. The summed E-state index contributed by atoms with van der Waals surface area (Å²) in [5, 5.41) is 6.65. The Morgan fingerprint density at radius 1 is 1.47 bits per heavy atom. The van der Waals surface area contributed by atoms with E-state index in [0.717, 1.165) is 30.1 Å². The van der Waals surface area contributed by atoms with Gasteiger partial charge in [0.15, 0.2) is 0 Å². The highest BCUT2D eigenvalue weighted by atomic mass is 32.1. The fourth-order valence-corrected chi connectivity index (χ4v) is 2.46. The molecule has 1 aliphatic rings. The molecule has 0 amide bonds. The molecule has 2 N–H and O–H groups in total. The third-order valence-electron chi connectivity index (χ3n) is 2.73. The maximum Gasteiger partial charge on any atom is 0.223 e. The van der Waals surface area contributed by atoms with Crippen LogP contribution in [0.5, 0.6) is 0 Å². The molecule has 3 heterocycles. The zero-order chi connectivity index (χ0) is 11.5. The fourth-order valence-electron chi connectivity index (χ4n) is 1.87. The average molecular weight is 247 g/mol. The predicted molar refractivity (Wildman–Crippen MR) is 68.0 cm³/mol. The van der Waals surface area contributed by atoms with Crippen molar-refractivity contribution in [1.82, 2.24) is 20.3 Å². The molecule has 0 bridgehead atoms. The summed E-state index contributed by atoms with van der Waals surface area (Å²) in [5.74, 6) is 0.699. The van der Waals surface area contributed by atoms with E-state index in [4.69, 9.17) is 0 Å². The van der Waals surface area contributed by atoms with Gasteiger partial charge in [-0.1, -0.05) is 0 Å². The molecule has 17 heavy (non-hydrogen) atoms. The molecule has 1 saturated heterocycles. The van der Waals surface area contributed by atoms with Crippen LogP contribution in [0.15, 0.2) is 24.0 Å². The van der Waals surface area contributed by atoms with E-state index in [2.05, 4.69) is 25.6 Å². The molecule has 2 aromatic heterocycles. The Balaban J connectivity index is 1.79. The Labute approximate surface area is 103 Å². The summed E-state index contributed by atoms with van der Waals surface area (Å²) in [7, 11) is 0. The lowest BCUT2D eigenvalue weighted by molar-refractivity contribution is 0.781. The van der Waals surface area contributed by atoms with Crippen LogP contribution in [-0.2, 0) is 0 Å². The molecule has 1 fully saturated rings. The number of hydrogen-bond acceptors (Lipinski definition) is 6. The topological polar surface area (TPSA) is 62.7 Å². The van der Waals surface area contributed by atoms with E-state index in [-0.39, 0.29) is 0 Å². The van der Waals surface area contributed by atoms with E-state index in [9.17, 15) is 0 Å². The summed E-state index contributed by atoms with van der Waals surface area (Å²) in [4.78, 5) is 13.9. The molecule has 3 rings (SSSR count). The second-order valence-electron chi connectivity index (χ2n) is 3.97. The van der Waals surface area contributed by atoms with Crippen molar-refractivity contribution in [3.05, 3.63) is 24.0 Å². The Morgan fingerprint density at radius 2 is 2.47 bits per heavy atom. The van der Waals surface area contributed by atoms with Gasteiger partial charge in [-0.2, -0.15) is 0 Å². The lowest BCUT2D eigenvalue weighted by Gasteiger charge is -2.11. The molecule has 5 nitrogen and oxygen atoms in total. The van der Waals surface area contributed by atoms with Gasteiger partial charge in [-0.15, -0.1) is 11.3 Å². The van der Waals surface area contributed by atoms with E-state index in [1.807, 2.05) is 17.8 Å². The summed E-state index contributed by atoms with van der Waals surface area (Å²) in [6.45, 7) is 2.04. The first-order valence-corrected chi connectivity index (χ1v) is 6.49. The lowest BCUT2D eigenvalue weighted by Crippen LogP contribution is -2.23. The van der Waals surface area contributed by atoms with Crippen molar-refractivity contribution in [3.63, 3.8) is 0 Å². The van der Waals surface area contributed by atoms with Crippen LogP contribution in [0.2, 0.25) is 0 Å². The summed E-state index contributed by atoms with van der Waals surface area (Å²) in [6, 6.07) is 2.35. The van der Waals surface area contributed by atoms with E-state index < -0.39 is 0 Å². The maximum absolute atomic E-state index is 4.50. The number of hydrogen-bond donors (Lipinski definition) is 2. The molecule has 1 aliphatic heterocycles. The largest absolute Gasteiger partial charge is 0.350 e. The van der Waals surface area contributed by atoms with Crippen molar-refractivity contribution >= 4 is 17.3 Å². The van der Waals surface area contributed by atoms with Gasteiger partial charge < -0.3 is 10.6 Å². The summed E-state index contributed by atoms with van der Waals surface area (Å²) >= 11 is 1.59. The van der Waals surface area contributed by atoms with Crippen LogP contribution in [0.1, 0.15) is 6.42 Å². The lowest BCUT2D eigenvalue weighted by atomic mass is 10.3. The van der Waals surface area contributed by atoms with Gasteiger partial charge in [0.1, 0.15) is 0 Å². The van der Waals surface area contributed by atoms with Crippen LogP contribution in [0, 0.1) is 0 Å². The quantitative estimate of drug-likeness (QED) is 0.858. The zero-order valence-corrected chi connectivity index (χ0v) is 10.1. The number of anilines is 1. The SMILES string of the molecule is c1cc(-c2cncs2)nc(N[C@@H]2CCNC2)n1. The van der Waals surface area contributed by atoms with Gasteiger partial charge in [0.05, 0.1) is 16.1 Å². The van der Waals surface area contributed by atoms with Gasteiger partial charge in [0.2, 0.25) is 5.95 Å². The first-order chi connectivity index (χ1) is 8.42. The van der Waals surface area contributed by atoms with Crippen LogP contribution in [0.4, 0.5) is 5.95 Å². The minimum Gasteiger partial charge on any atom is -0.350 e. The zero-order valence-electron chi connectivity index (χ0n) is 9.26. The number of rotatable bonds is 3. The molecular formula is C11H13N5S. The first kappa shape index (κ1) is 10.6. The molecular weight excluding hydrogens is 234 g/mol. The average Bonchev–Trinajstić information content (AvgIpc) is 3.01. The van der Waals surface area contributed by atoms with E-state index in [1.165, 1.54) is 0 Å². The monoisotopic (exact) mass is 247 g/mol. The Morgan fingerprint density at radius 3 is 3.24 bits per heavy atom. The van der Waals surface area contributed by atoms with Gasteiger partial charge in [-0.05, 0) is 19.0 Å². The molecule has 0 unspecified atom stereocenters. The maximum atomic E-state index is 4.50. The molecule has 0 spiro atoms. The standard InChI is InChI=1S/C11H13N5S/c1-3-12-5-8(1)15-11-14-4-2-9(16-11)10-6-13-7-17-10/h2,4,6-8,12H,1,3,5H2,(H,14,15,16)/t8-/m1/s1. The smallest absolute Gasteiger partial charge is 0.223 e. The third-order valence-corrected chi connectivity index (χ3v) is 3.53. The highest BCUT2D eigenvalue weighted by Gasteiger charge is 2.15. The Hall–Kier alpha value is -1.53. The van der Waals surface area contributed by atoms with Gasteiger partial charge in [0, 0.05) is 25.0 Å². The van der Waals surface area contributed by atoms with Gasteiger partial charge >= 0.3 is 0 Å². The highest BCUT2D eigenvalue weighted by molar-refractivity contribution is 7.13. The van der Waals surface area contributed by atoms with Crippen molar-refractivity contribution in [2.45, 2.75) is 12.5 Å². The van der Waals surface area contributed by atoms with Crippen LogP contribution in [0.25, 0.3) is 10.6 Å². The van der Waals surface area contributed by atoms with Gasteiger partial charge in [-0.3, -0.25) is 4.98 Å². The predicted octanol–water partition coefficient (Wildman–Crippen LogP) is 1.37. The number of thiazole rings is 1. The van der Waals surface area contributed by atoms with E-state index in [0.29, 0.717) is 12.0 Å². The van der Waals surface area contributed by atoms with Gasteiger partial charge in [0.25, 0.3) is 0 Å². The van der Waals surface area contributed by atoms with Gasteiger partial charge in [-0.25, -0.2) is 9.97 Å². The van der Waals surface area contributed by atoms with Crippen molar-refractivity contribution in [3.8, 4) is 10.6 Å². The minimum atomic E-state index is 0.437. The second kappa shape index (κ2) is 4.77. The van der Waals surface area contributed by atoms with Crippen molar-refractivity contribution in [2.24, 2.45) is 0 Å². The first-order valence-electron chi connectivity index (χ1n) is 5.61. The van der Waals surface area contributed by atoms with E-state index in [1.54, 1.807) is 17.5 Å². The summed E-state index contributed by atoms with van der Waals surface area (Å²) in [5.41, 5.74) is 2.74. The Bertz CT molecular complexity index is 478. The molecule has 0 saturated carbocycles. The van der Waals surface area contributed by atoms with E-state index >= 15 is 0 Å². The van der Waals surface area contributed by atoms with Crippen LogP contribution < -0.4 is 10.6 Å². The summed E-state index contributed by atoms with van der Waals surface area (Å²) in [6.07, 6.45) is 4.73. The molecule has 6 heteroatoms. The van der Waals surface area contributed by atoms with Crippen molar-refractivity contribution in [2.75, 3.05) is 18.4 Å². The van der Waals surface area contributed by atoms with Crippen LogP contribution >= 0.6 is 11.3 Å². The third kappa shape index (κ3) is 2.42. The normalized spacial score (nSPS) is 19.4. The minimum absolute atomic E-state index is 0.437. The molecule has 0 radical (unpaired) electrons. The molecule has 2 aromatic rings. The van der Waals surface area contributed by atoms with Crippen molar-refractivity contribution < 1.29 is 0 Å². The number of nitrogens with one attached hydrogen (secondary N) is 2. The molecule has 1 atom stereocenters. The number of aromatic nitrogens is 3. The Kier molecular flexibility index (Phi) is 2.98. The molecule has 0 aromatic carbocycles. The molecule has 0 aliphatic carbocycles. The van der Waals surface area contributed by atoms with Crippen LogP contribution in [0.3, 0.4) is 0 Å². The highest BCUT2D eigenvalue weighted by Crippen LogP contribution is 2.21. The molecule has 88 valence electrons. The van der Waals surface area contributed by atoms with Crippen LogP contribution in [-0.4, -0.2) is 34.1 Å². The fraction of sp³-hybridized carbons (Fsp3) is 0.364. The second-order valence-corrected chi connectivity index (χ2v) is 4.85.